The summed E-state index contributed by atoms with van der Waals surface area (Å²) in [7, 11) is 0. The number of carbonyl (C=O) groups excluding carboxylic acids is 1. The van der Waals surface area contributed by atoms with Gasteiger partial charge in [-0.05, 0) is 49.9 Å². The number of thiophene rings is 1. The van der Waals surface area contributed by atoms with Gasteiger partial charge in [0.1, 0.15) is 5.75 Å². The normalized spacial score (nSPS) is 11.0. The molecule has 0 saturated heterocycles. The highest BCUT2D eigenvalue weighted by Crippen LogP contribution is 2.28. The van der Waals surface area contributed by atoms with Crippen LogP contribution in [0.5, 0.6) is 5.75 Å². The Morgan fingerprint density at radius 3 is 2.48 bits per heavy atom. The molecule has 3 heteroatoms. The first-order chi connectivity index (χ1) is 9.88. The van der Waals surface area contributed by atoms with Gasteiger partial charge in [-0.2, -0.15) is 0 Å². The van der Waals surface area contributed by atoms with Crippen LogP contribution in [0, 0.1) is 20.8 Å². The molecule has 0 aliphatic heterocycles. The molecule has 0 aliphatic rings. The summed E-state index contributed by atoms with van der Waals surface area (Å²) in [6, 6.07) is 8.12. The minimum atomic E-state index is 0.0491. The molecule has 1 aromatic carbocycles. The Labute approximate surface area is 130 Å². The molecule has 2 nitrogen and oxygen atoms in total. The zero-order valence-electron chi connectivity index (χ0n) is 13.3. The summed E-state index contributed by atoms with van der Waals surface area (Å²) in [5.41, 5.74) is 3.08. The molecule has 0 bridgehead atoms. The molecule has 0 saturated carbocycles. The van der Waals surface area contributed by atoms with E-state index in [0.717, 1.165) is 32.2 Å². The lowest BCUT2D eigenvalue weighted by Crippen LogP contribution is -2.13. The Kier molecular flexibility index (Phi) is 4.84. The average molecular weight is 302 g/mol. The number of rotatable bonds is 5. The zero-order valence-corrected chi connectivity index (χ0v) is 14.1. The maximum atomic E-state index is 12.3. The van der Waals surface area contributed by atoms with E-state index in [4.69, 9.17) is 4.74 Å². The van der Waals surface area contributed by atoms with Crippen molar-refractivity contribution in [1.29, 1.82) is 0 Å². The second-order valence-corrected chi connectivity index (χ2v) is 7.20. The Hall–Kier alpha value is -1.61. The minimum Gasteiger partial charge on any atom is -0.485 e. The van der Waals surface area contributed by atoms with Gasteiger partial charge in [-0.15, -0.1) is 11.3 Å². The smallest absolute Gasteiger partial charge is 0.201 e. The van der Waals surface area contributed by atoms with E-state index in [1.54, 1.807) is 11.3 Å². The number of carbonyl (C=O) groups is 1. The van der Waals surface area contributed by atoms with E-state index in [-0.39, 0.29) is 12.4 Å². The molecule has 0 spiro atoms. The molecule has 0 N–H and O–H groups in total. The number of ketones is 1. The van der Waals surface area contributed by atoms with Gasteiger partial charge >= 0.3 is 0 Å². The lowest BCUT2D eigenvalue weighted by Gasteiger charge is -2.14. The van der Waals surface area contributed by atoms with E-state index in [0.29, 0.717) is 5.92 Å². The molecule has 1 aromatic heterocycles. The summed E-state index contributed by atoms with van der Waals surface area (Å²) in [5, 5.41) is 0. The van der Waals surface area contributed by atoms with Gasteiger partial charge in [-0.1, -0.05) is 26.0 Å². The van der Waals surface area contributed by atoms with Gasteiger partial charge in [0.2, 0.25) is 5.78 Å². The van der Waals surface area contributed by atoms with Gasteiger partial charge < -0.3 is 4.74 Å². The van der Waals surface area contributed by atoms with Gasteiger partial charge in [-0.25, -0.2) is 0 Å². The third-order valence-electron chi connectivity index (χ3n) is 3.49. The van der Waals surface area contributed by atoms with E-state index in [2.05, 4.69) is 26.0 Å². The molecule has 0 radical (unpaired) electrons. The fourth-order valence-corrected chi connectivity index (χ4v) is 3.31. The van der Waals surface area contributed by atoms with Crippen LogP contribution in [0.2, 0.25) is 0 Å². The summed E-state index contributed by atoms with van der Waals surface area (Å²) in [4.78, 5) is 14.5. The van der Waals surface area contributed by atoms with E-state index in [1.165, 1.54) is 0 Å². The molecular weight excluding hydrogens is 280 g/mol. The van der Waals surface area contributed by atoms with Gasteiger partial charge in [0.05, 0.1) is 0 Å². The van der Waals surface area contributed by atoms with E-state index in [1.807, 2.05) is 32.9 Å². The number of ether oxygens (including phenoxy) is 1. The molecule has 0 unspecified atom stereocenters. The molecule has 112 valence electrons. The van der Waals surface area contributed by atoms with Crippen molar-refractivity contribution in [2.45, 2.75) is 40.5 Å². The van der Waals surface area contributed by atoms with Gasteiger partial charge in [0.25, 0.3) is 0 Å². The lowest BCUT2D eigenvalue weighted by molar-refractivity contribution is 0.0920. The Bertz CT molecular complexity index is 653. The predicted molar refractivity (Wildman–Crippen MR) is 88.9 cm³/mol. The number of aryl methyl sites for hydroxylation is 3. The zero-order chi connectivity index (χ0) is 15.6. The summed E-state index contributed by atoms with van der Waals surface area (Å²) in [5.74, 6) is 1.25. The standard InChI is InChI=1S/C18H22O2S/c1-11(2)15-7-6-12(3)8-18(15)20-10-17(19)16-9-13(4)21-14(16)5/h6-9,11H,10H2,1-5H3. The predicted octanol–water partition coefficient (Wildman–Crippen LogP) is 5.06. The number of hydrogen-bond acceptors (Lipinski definition) is 3. The van der Waals surface area contributed by atoms with Crippen molar-refractivity contribution < 1.29 is 9.53 Å². The number of benzene rings is 1. The monoisotopic (exact) mass is 302 g/mol. The van der Waals surface area contributed by atoms with Crippen LogP contribution in [-0.4, -0.2) is 12.4 Å². The summed E-state index contributed by atoms with van der Waals surface area (Å²) < 4.78 is 5.81. The molecule has 1 heterocycles. The molecule has 0 fully saturated rings. The van der Waals surface area contributed by atoms with Crippen LogP contribution in [0.4, 0.5) is 0 Å². The lowest BCUT2D eigenvalue weighted by atomic mass is 10.0. The topological polar surface area (TPSA) is 26.3 Å². The molecule has 21 heavy (non-hydrogen) atoms. The summed E-state index contributed by atoms with van der Waals surface area (Å²) >= 11 is 1.65. The fraction of sp³-hybridized carbons (Fsp3) is 0.389. The Morgan fingerprint density at radius 1 is 1.19 bits per heavy atom. The molecule has 2 rings (SSSR count). The largest absolute Gasteiger partial charge is 0.485 e. The van der Waals surface area contributed by atoms with Crippen molar-refractivity contribution >= 4 is 17.1 Å². The van der Waals surface area contributed by atoms with E-state index < -0.39 is 0 Å². The second-order valence-electron chi connectivity index (χ2n) is 5.73. The second kappa shape index (κ2) is 6.44. The number of Topliss-reactive ketones (excluding diaryl/α,β-unsaturated/α-hetero) is 1. The third kappa shape index (κ3) is 3.73. The van der Waals surface area contributed by atoms with Crippen LogP contribution in [0.25, 0.3) is 0 Å². The average Bonchev–Trinajstić information content (AvgIpc) is 2.74. The Morgan fingerprint density at radius 2 is 1.90 bits per heavy atom. The quantitative estimate of drug-likeness (QED) is 0.722. The highest BCUT2D eigenvalue weighted by atomic mass is 32.1. The summed E-state index contributed by atoms with van der Waals surface area (Å²) in [6.07, 6.45) is 0. The van der Waals surface area contributed by atoms with Crippen molar-refractivity contribution in [3.63, 3.8) is 0 Å². The van der Waals surface area contributed by atoms with Crippen molar-refractivity contribution in [3.05, 3.63) is 50.7 Å². The van der Waals surface area contributed by atoms with Gasteiger partial charge in [-0.3, -0.25) is 4.79 Å². The van der Waals surface area contributed by atoms with E-state index >= 15 is 0 Å². The van der Waals surface area contributed by atoms with E-state index in [9.17, 15) is 4.79 Å². The van der Waals surface area contributed by atoms with Crippen LogP contribution in [-0.2, 0) is 0 Å². The minimum absolute atomic E-state index is 0.0491. The van der Waals surface area contributed by atoms with Crippen molar-refractivity contribution in [1.82, 2.24) is 0 Å². The van der Waals surface area contributed by atoms with Crippen LogP contribution >= 0.6 is 11.3 Å². The maximum Gasteiger partial charge on any atom is 0.201 e. The van der Waals surface area contributed by atoms with Crippen LogP contribution in [0.1, 0.15) is 51.0 Å². The molecule has 0 aliphatic carbocycles. The Balaban J connectivity index is 2.14. The first-order valence-corrected chi connectivity index (χ1v) is 8.03. The molecule has 0 amide bonds. The van der Waals surface area contributed by atoms with Gasteiger partial charge in [0.15, 0.2) is 6.61 Å². The highest BCUT2D eigenvalue weighted by molar-refractivity contribution is 7.12. The summed E-state index contributed by atoms with van der Waals surface area (Å²) in [6.45, 7) is 10.4. The molecule has 0 atom stereocenters. The number of hydrogen-bond donors (Lipinski definition) is 0. The molecule has 2 aromatic rings. The highest BCUT2D eigenvalue weighted by Gasteiger charge is 2.14. The van der Waals surface area contributed by atoms with Crippen LogP contribution in [0.3, 0.4) is 0 Å². The first-order valence-electron chi connectivity index (χ1n) is 7.22. The third-order valence-corrected chi connectivity index (χ3v) is 4.46. The van der Waals surface area contributed by atoms with Crippen molar-refractivity contribution in [2.75, 3.05) is 6.61 Å². The first kappa shape index (κ1) is 15.8. The van der Waals surface area contributed by atoms with Gasteiger partial charge in [0, 0.05) is 15.3 Å². The van der Waals surface area contributed by atoms with Crippen molar-refractivity contribution in [2.24, 2.45) is 0 Å². The van der Waals surface area contributed by atoms with Crippen molar-refractivity contribution in [3.8, 4) is 5.75 Å². The van der Waals surface area contributed by atoms with Crippen LogP contribution < -0.4 is 4.74 Å². The van der Waals surface area contributed by atoms with Crippen LogP contribution in [0.15, 0.2) is 24.3 Å². The SMILES string of the molecule is Cc1ccc(C(C)C)c(OCC(=O)c2cc(C)sc2C)c1. The molecular formula is C18H22O2S. The fourth-order valence-electron chi connectivity index (χ4n) is 2.37. The maximum absolute atomic E-state index is 12.3.